The van der Waals surface area contributed by atoms with Gasteiger partial charge in [-0.25, -0.2) is 0 Å². The quantitative estimate of drug-likeness (QED) is 0.402. The van der Waals surface area contributed by atoms with Gasteiger partial charge < -0.3 is 9.84 Å². The number of benzene rings is 3. The second kappa shape index (κ2) is 11.7. The molecule has 0 aliphatic carbocycles. The lowest BCUT2D eigenvalue weighted by molar-refractivity contribution is -0.136. The van der Waals surface area contributed by atoms with Gasteiger partial charge in [-0.05, 0) is 73.0 Å². The van der Waals surface area contributed by atoms with Gasteiger partial charge in [0.25, 0.3) is 0 Å². The van der Waals surface area contributed by atoms with Gasteiger partial charge >= 0.3 is 5.97 Å². The third-order valence-electron chi connectivity index (χ3n) is 6.47. The minimum atomic E-state index is -0.772. The third kappa shape index (κ3) is 7.19. The number of hydrogen-bond acceptors (Lipinski definition) is 3. The summed E-state index contributed by atoms with van der Waals surface area (Å²) in [4.78, 5) is 13.3. The molecule has 3 aromatic rings. The summed E-state index contributed by atoms with van der Waals surface area (Å²) in [6.45, 7) is 2.73. The van der Waals surface area contributed by atoms with Crippen LogP contribution in [0.15, 0.2) is 78.9 Å². The van der Waals surface area contributed by atoms with Crippen molar-refractivity contribution in [2.75, 3.05) is 6.54 Å². The molecule has 4 nitrogen and oxygen atoms in total. The topological polar surface area (TPSA) is 49.8 Å². The van der Waals surface area contributed by atoms with Crippen LogP contribution in [0.5, 0.6) is 5.75 Å². The van der Waals surface area contributed by atoms with Gasteiger partial charge in [0.15, 0.2) is 0 Å². The first-order chi connectivity index (χ1) is 16.2. The summed E-state index contributed by atoms with van der Waals surface area (Å²) < 4.78 is 5.91. The predicted molar refractivity (Wildman–Crippen MR) is 131 cm³/mol. The van der Waals surface area contributed by atoms with E-state index in [2.05, 4.69) is 59.5 Å². The van der Waals surface area contributed by atoms with Gasteiger partial charge in [-0.3, -0.25) is 9.69 Å². The Morgan fingerprint density at radius 1 is 0.848 bits per heavy atom. The van der Waals surface area contributed by atoms with Crippen LogP contribution < -0.4 is 4.74 Å². The van der Waals surface area contributed by atoms with E-state index in [1.54, 1.807) is 0 Å². The highest BCUT2D eigenvalue weighted by Crippen LogP contribution is 2.24. The smallest absolute Gasteiger partial charge is 0.303 e. The van der Waals surface area contributed by atoms with Crippen LogP contribution in [0.2, 0.25) is 0 Å². The zero-order chi connectivity index (χ0) is 22.9. The molecule has 3 aromatic carbocycles. The monoisotopic (exact) mass is 443 g/mol. The first kappa shape index (κ1) is 23.1. The van der Waals surface area contributed by atoms with Gasteiger partial charge in [0.05, 0.1) is 0 Å². The van der Waals surface area contributed by atoms with Crippen molar-refractivity contribution in [1.82, 2.24) is 4.90 Å². The number of rotatable bonds is 11. The van der Waals surface area contributed by atoms with Gasteiger partial charge in [-0.1, -0.05) is 66.7 Å². The summed E-state index contributed by atoms with van der Waals surface area (Å²) in [6, 6.07) is 27.9. The van der Waals surface area contributed by atoms with Crippen LogP contribution in [-0.4, -0.2) is 28.6 Å². The van der Waals surface area contributed by atoms with Crippen LogP contribution in [-0.2, 0) is 30.8 Å². The van der Waals surface area contributed by atoms with Crippen LogP contribution in [0.4, 0.5) is 0 Å². The summed E-state index contributed by atoms with van der Waals surface area (Å²) in [7, 11) is 0. The number of hydrogen-bond donors (Lipinski definition) is 1. The fourth-order valence-corrected chi connectivity index (χ4v) is 4.55. The van der Waals surface area contributed by atoms with E-state index in [1.165, 1.54) is 36.9 Å². The molecular weight excluding hydrogens is 410 g/mol. The van der Waals surface area contributed by atoms with Gasteiger partial charge in [-0.15, -0.1) is 0 Å². The minimum Gasteiger partial charge on any atom is -0.489 e. The average Bonchev–Trinajstić information content (AvgIpc) is 3.29. The lowest BCUT2D eigenvalue weighted by Crippen LogP contribution is -2.29. The largest absolute Gasteiger partial charge is 0.489 e. The molecular formula is C29H33NO3. The van der Waals surface area contributed by atoms with Gasteiger partial charge in [0.1, 0.15) is 12.4 Å². The van der Waals surface area contributed by atoms with Crippen LogP contribution in [0.25, 0.3) is 0 Å². The first-order valence-electron chi connectivity index (χ1n) is 11.9. The van der Waals surface area contributed by atoms with Crippen molar-refractivity contribution < 1.29 is 14.6 Å². The van der Waals surface area contributed by atoms with Crippen LogP contribution in [0.1, 0.15) is 47.9 Å². The highest BCUT2D eigenvalue weighted by Gasteiger charge is 2.24. The molecule has 4 heteroatoms. The molecule has 1 aliphatic heterocycles. The summed E-state index contributed by atoms with van der Waals surface area (Å²) in [5, 5.41) is 8.79. The maximum absolute atomic E-state index is 10.7. The van der Waals surface area contributed by atoms with Crippen molar-refractivity contribution in [2.45, 2.75) is 57.7 Å². The molecule has 172 valence electrons. The normalized spacial score (nSPS) is 16.1. The highest BCUT2D eigenvalue weighted by atomic mass is 16.5. The van der Waals surface area contributed by atoms with Crippen LogP contribution in [0, 0.1) is 0 Å². The second-order valence-electron chi connectivity index (χ2n) is 8.93. The summed E-state index contributed by atoms with van der Waals surface area (Å²) in [6.07, 6.45) is 5.66. The lowest BCUT2D eigenvalue weighted by atomic mass is 10.0. The Hall–Kier alpha value is -3.11. The van der Waals surface area contributed by atoms with Crippen molar-refractivity contribution in [3.8, 4) is 5.75 Å². The Labute approximate surface area is 196 Å². The molecule has 0 radical (unpaired) electrons. The van der Waals surface area contributed by atoms with Crippen molar-refractivity contribution >= 4 is 5.97 Å². The number of carbonyl (C=O) groups is 1. The number of ether oxygens (including phenoxy) is 1. The van der Waals surface area contributed by atoms with Gasteiger partial charge in [0, 0.05) is 19.0 Å². The number of aliphatic carboxylic acids is 1. The van der Waals surface area contributed by atoms with E-state index < -0.39 is 5.97 Å². The molecule has 0 saturated carbocycles. The lowest BCUT2D eigenvalue weighted by Gasteiger charge is -2.24. The molecule has 1 fully saturated rings. The molecule has 0 spiro atoms. The first-order valence-corrected chi connectivity index (χ1v) is 11.9. The maximum atomic E-state index is 10.7. The molecule has 1 saturated heterocycles. The Morgan fingerprint density at radius 3 is 2.24 bits per heavy atom. The Morgan fingerprint density at radius 2 is 1.52 bits per heavy atom. The standard InChI is InChI=1S/C29H33NO3/c31-29(32)19-15-24-13-17-28(18-14-24)33-22-26-10-8-25(9-11-26)21-30-20-4-7-27(30)16-12-23-5-2-1-3-6-23/h1-3,5-6,8-11,13-14,17-18,27H,4,7,12,15-16,19-22H2,(H,31,32). The summed E-state index contributed by atoms with van der Waals surface area (Å²) >= 11 is 0. The van der Waals surface area contributed by atoms with Crippen LogP contribution >= 0.6 is 0 Å². The zero-order valence-corrected chi connectivity index (χ0v) is 19.2. The van der Waals surface area contributed by atoms with Crippen molar-refractivity contribution in [2.24, 2.45) is 0 Å². The van der Waals surface area contributed by atoms with E-state index in [1.807, 2.05) is 24.3 Å². The molecule has 1 aliphatic rings. The fraction of sp³-hybridized carbons (Fsp3) is 0.345. The molecule has 1 atom stereocenters. The van der Waals surface area contributed by atoms with Crippen LogP contribution in [0.3, 0.4) is 0 Å². The SMILES string of the molecule is O=C(O)CCc1ccc(OCc2ccc(CN3CCCC3CCc3ccccc3)cc2)cc1. The van der Waals surface area contributed by atoms with E-state index in [-0.39, 0.29) is 6.42 Å². The van der Waals surface area contributed by atoms with E-state index >= 15 is 0 Å². The highest BCUT2D eigenvalue weighted by molar-refractivity contribution is 5.67. The molecule has 33 heavy (non-hydrogen) atoms. The predicted octanol–water partition coefficient (Wildman–Crippen LogP) is 5.88. The molecule has 1 N–H and O–H groups in total. The number of likely N-dealkylation sites (tertiary alicyclic amines) is 1. The number of nitrogens with zero attached hydrogens (tertiary/aromatic N) is 1. The average molecular weight is 444 g/mol. The van der Waals surface area contributed by atoms with Gasteiger partial charge in [0.2, 0.25) is 0 Å². The number of aryl methyl sites for hydroxylation is 2. The molecule has 1 heterocycles. The van der Waals surface area contributed by atoms with Crippen molar-refractivity contribution in [1.29, 1.82) is 0 Å². The Kier molecular flexibility index (Phi) is 8.15. The molecule has 0 aromatic heterocycles. The molecule has 0 amide bonds. The fourth-order valence-electron chi connectivity index (χ4n) is 4.55. The molecule has 1 unspecified atom stereocenters. The third-order valence-corrected chi connectivity index (χ3v) is 6.47. The Bertz CT molecular complexity index is 999. The van der Waals surface area contributed by atoms with Crippen molar-refractivity contribution in [3.05, 3.63) is 101 Å². The van der Waals surface area contributed by atoms with Crippen molar-refractivity contribution in [3.63, 3.8) is 0 Å². The minimum absolute atomic E-state index is 0.151. The van der Waals surface area contributed by atoms with E-state index in [4.69, 9.17) is 9.84 Å². The molecule has 0 bridgehead atoms. The molecule has 4 rings (SSSR count). The zero-order valence-electron chi connectivity index (χ0n) is 19.2. The van der Waals surface area contributed by atoms with E-state index in [0.29, 0.717) is 19.1 Å². The van der Waals surface area contributed by atoms with E-state index in [9.17, 15) is 4.79 Å². The number of carboxylic acid groups (broad SMARTS) is 1. The second-order valence-corrected chi connectivity index (χ2v) is 8.93. The summed E-state index contributed by atoms with van der Waals surface area (Å²) in [5.74, 6) is 0.0303. The Balaban J connectivity index is 1.23. The van der Waals surface area contributed by atoms with E-state index in [0.717, 1.165) is 29.8 Å². The van der Waals surface area contributed by atoms with Gasteiger partial charge in [-0.2, -0.15) is 0 Å². The maximum Gasteiger partial charge on any atom is 0.303 e. The summed E-state index contributed by atoms with van der Waals surface area (Å²) in [5.41, 5.74) is 4.95. The number of carboxylic acids is 1.